The minimum Gasteiger partial charge on any atom is -0.466 e. The number of nitrogens with zero attached hydrogens (tertiary/aromatic N) is 2. The normalized spacial score (nSPS) is 16.0. The zero-order chi connectivity index (χ0) is 15.5. The third kappa shape index (κ3) is 3.43. The Hall–Kier alpha value is -1.55. The van der Waals surface area contributed by atoms with Crippen LogP contribution in [0.5, 0.6) is 0 Å². The van der Waals surface area contributed by atoms with Crippen molar-refractivity contribution >= 4 is 0 Å². The van der Waals surface area contributed by atoms with Crippen LogP contribution in [0.15, 0.2) is 16.5 Å². The standard InChI is InChI=1S/C18H27N3O/c1-13(18-9-8-14(2)22-18)10-11-21(3)12-17-15-6-4-5-7-16(15)19-20-17/h8-9,13H,4-7,10-12H2,1-3H3,(H,19,20)/t13-/m0/s1. The fourth-order valence-corrected chi connectivity index (χ4v) is 3.29. The maximum absolute atomic E-state index is 5.72. The molecule has 2 aromatic heterocycles. The Morgan fingerprint density at radius 2 is 2.14 bits per heavy atom. The van der Waals surface area contributed by atoms with Gasteiger partial charge in [-0.05, 0) is 70.3 Å². The smallest absolute Gasteiger partial charge is 0.107 e. The van der Waals surface area contributed by atoms with E-state index >= 15 is 0 Å². The maximum Gasteiger partial charge on any atom is 0.107 e. The molecule has 0 unspecified atom stereocenters. The predicted octanol–water partition coefficient (Wildman–Crippen LogP) is 3.82. The van der Waals surface area contributed by atoms with Gasteiger partial charge in [-0.25, -0.2) is 0 Å². The maximum atomic E-state index is 5.72. The summed E-state index contributed by atoms with van der Waals surface area (Å²) in [5.74, 6) is 2.56. The number of H-pyrrole nitrogens is 1. The fourth-order valence-electron chi connectivity index (χ4n) is 3.29. The van der Waals surface area contributed by atoms with Crippen LogP contribution in [0.2, 0.25) is 0 Å². The van der Waals surface area contributed by atoms with Gasteiger partial charge in [-0.3, -0.25) is 5.10 Å². The molecule has 22 heavy (non-hydrogen) atoms. The molecule has 0 aromatic carbocycles. The van der Waals surface area contributed by atoms with E-state index < -0.39 is 0 Å². The molecular weight excluding hydrogens is 274 g/mol. The highest BCUT2D eigenvalue weighted by Gasteiger charge is 2.18. The predicted molar refractivity (Wildman–Crippen MR) is 88.0 cm³/mol. The lowest BCUT2D eigenvalue weighted by Gasteiger charge is -2.19. The van der Waals surface area contributed by atoms with Crippen molar-refractivity contribution in [2.45, 2.75) is 58.4 Å². The van der Waals surface area contributed by atoms with Gasteiger partial charge in [0.25, 0.3) is 0 Å². The van der Waals surface area contributed by atoms with Gasteiger partial charge in [0.2, 0.25) is 0 Å². The first kappa shape index (κ1) is 15.3. The van der Waals surface area contributed by atoms with Gasteiger partial charge in [-0.1, -0.05) is 6.92 Å². The van der Waals surface area contributed by atoms with Gasteiger partial charge in [-0.2, -0.15) is 5.10 Å². The Morgan fingerprint density at radius 3 is 2.91 bits per heavy atom. The van der Waals surface area contributed by atoms with Crippen LogP contribution in [0.3, 0.4) is 0 Å². The zero-order valence-corrected chi connectivity index (χ0v) is 14.0. The van der Waals surface area contributed by atoms with E-state index in [-0.39, 0.29) is 0 Å². The average molecular weight is 301 g/mol. The largest absolute Gasteiger partial charge is 0.466 e. The number of hydrogen-bond acceptors (Lipinski definition) is 3. The Morgan fingerprint density at radius 1 is 1.32 bits per heavy atom. The van der Waals surface area contributed by atoms with Crippen molar-refractivity contribution in [3.05, 3.63) is 40.6 Å². The topological polar surface area (TPSA) is 45.1 Å². The van der Waals surface area contributed by atoms with E-state index in [1.165, 1.54) is 42.6 Å². The number of furan rings is 1. The summed E-state index contributed by atoms with van der Waals surface area (Å²) in [6.45, 7) is 6.24. The minimum atomic E-state index is 0.462. The molecular formula is C18H27N3O. The number of nitrogens with one attached hydrogen (secondary N) is 1. The first-order chi connectivity index (χ1) is 10.6. The van der Waals surface area contributed by atoms with Crippen molar-refractivity contribution in [2.24, 2.45) is 0 Å². The second-order valence-electron chi connectivity index (χ2n) is 6.71. The highest BCUT2D eigenvalue weighted by molar-refractivity contribution is 5.27. The fraction of sp³-hybridized carbons (Fsp3) is 0.611. The van der Waals surface area contributed by atoms with E-state index in [1.54, 1.807) is 0 Å². The van der Waals surface area contributed by atoms with E-state index in [1.807, 2.05) is 13.0 Å². The average Bonchev–Trinajstić information content (AvgIpc) is 3.12. The van der Waals surface area contributed by atoms with Crippen LogP contribution in [0.4, 0.5) is 0 Å². The monoisotopic (exact) mass is 301 g/mol. The van der Waals surface area contributed by atoms with Crippen molar-refractivity contribution in [3.63, 3.8) is 0 Å². The lowest BCUT2D eigenvalue weighted by atomic mass is 9.96. The molecule has 3 rings (SSSR count). The molecule has 120 valence electrons. The summed E-state index contributed by atoms with van der Waals surface area (Å²) >= 11 is 0. The van der Waals surface area contributed by atoms with Crippen molar-refractivity contribution in [3.8, 4) is 0 Å². The number of aromatic nitrogens is 2. The minimum absolute atomic E-state index is 0.462. The number of rotatable bonds is 6. The van der Waals surface area contributed by atoms with E-state index in [4.69, 9.17) is 4.42 Å². The van der Waals surface area contributed by atoms with E-state index in [9.17, 15) is 0 Å². The molecule has 1 aliphatic rings. The van der Waals surface area contributed by atoms with Crippen molar-refractivity contribution < 1.29 is 4.42 Å². The lowest BCUT2D eigenvalue weighted by molar-refractivity contribution is 0.300. The molecule has 0 saturated carbocycles. The zero-order valence-electron chi connectivity index (χ0n) is 14.0. The van der Waals surface area contributed by atoms with Gasteiger partial charge in [-0.15, -0.1) is 0 Å². The Balaban J connectivity index is 1.52. The third-order valence-electron chi connectivity index (χ3n) is 4.75. The summed E-state index contributed by atoms with van der Waals surface area (Å²) < 4.78 is 5.72. The summed E-state index contributed by atoms with van der Waals surface area (Å²) in [5.41, 5.74) is 4.10. The first-order valence-electron chi connectivity index (χ1n) is 8.43. The molecule has 1 aliphatic carbocycles. The van der Waals surface area contributed by atoms with Crippen LogP contribution in [-0.2, 0) is 19.4 Å². The molecule has 0 amide bonds. The van der Waals surface area contributed by atoms with E-state index in [0.29, 0.717) is 5.92 Å². The van der Waals surface area contributed by atoms with Crippen LogP contribution in [0, 0.1) is 6.92 Å². The lowest BCUT2D eigenvalue weighted by Crippen LogP contribution is -2.21. The van der Waals surface area contributed by atoms with Gasteiger partial charge >= 0.3 is 0 Å². The highest BCUT2D eigenvalue weighted by Crippen LogP contribution is 2.24. The van der Waals surface area contributed by atoms with Crippen LogP contribution in [-0.4, -0.2) is 28.7 Å². The van der Waals surface area contributed by atoms with Crippen molar-refractivity contribution in [1.82, 2.24) is 15.1 Å². The molecule has 0 aliphatic heterocycles. The third-order valence-corrected chi connectivity index (χ3v) is 4.75. The molecule has 0 saturated heterocycles. The summed E-state index contributed by atoms with van der Waals surface area (Å²) in [5, 5.41) is 7.77. The van der Waals surface area contributed by atoms with Crippen LogP contribution >= 0.6 is 0 Å². The Kier molecular flexibility index (Phi) is 4.67. The second-order valence-corrected chi connectivity index (χ2v) is 6.71. The second kappa shape index (κ2) is 6.69. The summed E-state index contributed by atoms with van der Waals surface area (Å²) in [7, 11) is 2.18. The summed E-state index contributed by atoms with van der Waals surface area (Å²) in [4.78, 5) is 2.37. The number of fused-ring (bicyclic) bond motifs is 1. The van der Waals surface area contributed by atoms with Gasteiger partial charge < -0.3 is 9.32 Å². The number of aryl methyl sites for hydroxylation is 2. The molecule has 4 nitrogen and oxygen atoms in total. The van der Waals surface area contributed by atoms with Crippen LogP contribution in [0.1, 0.15) is 60.6 Å². The molecule has 4 heteroatoms. The van der Waals surface area contributed by atoms with Gasteiger partial charge in [0.05, 0.1) is 5.69 Å². The van der Waals surface area contributed by atoms with Gasteiger partial charge in [0.1, 0.15) is 11.5 Å². The highest BCUT2D eigenvalue weighted by atomic mass is 16.3. The van der Waals surface area contributed by atoms with Gasteiger partial charge in [0, 0.05) is 18.2 Å². The van der Waals surface area contributed by atoms with Crippen LogP contribution < -0.4 is 0 Å². The van der Waals surface area contributed by atoms with Crippen LogP contribution in [0.25, 0.3) is 0 Å². The van der Waals surface area contributed by atoms with E-state index in [0.717, 1.165) is 31.0 Å². The molecule has 0 radical (unpaired) electrons. The molecule has 0 bridgehead atoms. The molecule has 2 aromatic rings. The molecule has 0 fully saturated rings. The van der Waals surface area contributed by atoms with E-state index in [2.05, 4.69) is 35.1 Å². The van der Waals surface area contributed by atoms with Crippen molar-refractivity contribution in [2.75, 3.05) is 13.6 Å². The SMILES string of the molecule is Cc1ccc([C@@H](C)CCN(C)Cc2n[nH]c3c2CCCC3)o1. The number of aromatic amines is 1. The Bertz CT molecular complexity index is 614. The number of hydrogen-bond donors (Lipinski definition) is 1. The summed E-state index contributed by atoms with van der Waals surface area (Å²) in [6, 6.07) is 4.15. The van der Waals surface area contributed by atoms with Crippen molar-refractivity contribution in [1.29, 1.82) is 0 Å². The molecule has 2 heterocycles. The quantitative estimate of drug-likeness (QED) is 0.882. The molecule has 1 atom stereocenters. The molecule has 1 N–H and O–H groups in total. The first-order valence-corrected chi connectivity index (χ1v) is 8.43. The molecule has 0 spiro atoms. The van der Waals surface area contributed by atoms with Gasteiger partial charge in [0.15, 0.2) is 0 Å². The summed E-state index contributed by atoms with van der Waals surface area (Å²) in [6.07, 6.45) is 6.07. The Labute approximate surface area is 132 Å².